The molecular formula is C23H20N6. The number of nitrogens with one attached hydrogen (secondary N) is 1. The van der Waals surface area contributed by atoms with E-state index in [0.717, 1.165) is 45.8 Å². The van der Waals surface area contributed by atoms with Gasteiger partial charge in [0, 0.05) is 41.7 Å². The van der Waals surface area contributed by atoms with Crippen molar-refractivity contribution in [3.63, 3.8) is 0 Å². The number of pyridine rings is 1. The molecule has 1 aromatic carbocycles. The van der Waals surface area contributed by atoms with Crippen molar-refractivity contribution in [2.24, 2.45) is 0 Å². The number of fused-ring (bicyclic) bond motifs is 1. The average molecular weight is 380 g/mol. The molecule has 0 aliphatic carbocycles. The van der Waals surface area contributed by atoms with Gasteiger partial charge in [0.2, 0.25) is 0 Å². The quantitative estimate of drug-likeness (QED) is 0.502. The van der Waals surface area contributed by atoms with Crippen LogP contribution in [0.1, 0.15) is 22.4 Å². The Morgan fingerprint density at radius 1 is 1.00 bits per heavy atom. The lowest BCUT2D eigenvalue weighted by molar-refractivity contribution is 0.926. The predicted molar refractivity (Wildman–Crippen MR) is 113 cm³/mol. The Hall–Kier alpha value is -3.80. The number of benzene rings is 1. The molecule has 0 aliphatic heterocycles. The minimum Gasteiger partial charge on any atom is -0.285 e. The van der Waals surface area contributed by atoms with Crippen molar-refractivity contribution >= 4 is 5.65 Å². The van der Waals surface area contributed by atoms with Crippen LogP contribution in [0.2, 0.25) is 0 Å². The van der Waals surface area contributed by atoms with E-state index >= 15 is 0 Å². The van der Waals surface area contributed by atoms with Gasteiger partial charge >= 0.3 is 0 Å². The standard InChI is InChI=1S/C23H20N6/c1-15-5-3-4-6-18(15)11-20-16(2)28-29-22(19-13-25-26-14-19)12-21(27-23(20)29)17-7-9-24-10-8-17/h3-10,12-14H,11H2,1-2H3,(H,25,26). The summed E-state index contributed by atoms with van der Waals surface area (Å²) in [5.41, 5.74) is 9.38. The molecule has 6 nitrogen and oxygen atoms in total. The summed E-state index contributed by atoms with van der Waals surface area (Å²) in [7, 11) is 0. The molecule has 0 bridgehead atoms. The second-order valence-electron chi connectivity index (χ2n) is 7.15. The lowest BCUT2D eigenvalue weighted by Gasteiger charge is -2.09. The van der Waals surface area contributed by atoms with Crippen LogP contribution in [0.4, 0.5) is 0 Å². The van der Waals surface area contributed by atoms with E-state index in [4.69, 9.17) is 10.1 Å². The number of aromatic nitrogens is 6. The number of aryl methyl sites for hydroxylation is 2. The maximum Gasteiger partial charge on any atom is 0.160 e. The third-order valence-corrected chi connectivity index (χ3v) is 5.28. The summed E-state index contributed by atoms with van der Waals surface area (Å²) in [6.45, 7) is 4.19. The van der Waals surface area contributed by atoms with Crippen LogP contribution in [-0.4, -0.2) is 29.8 Å². The first-order chi connectivity index (χ1) is 14.2. The van der Waals surface area contributed by atoms with Crippen molar-refractivity contribution in [3.8, 4) is 22.5 Å². The van der Waals surface area contributed by atoms with Crippen LogP contribution in [0, 0.1) is 13.8 Å². The molecule has 1 N–H and O–H groups in total. The predicted octanol–water partition coefficient (Wildman–Crippen LogP) is 4.39. The van der Waals surface area contributed by atoms with Crippen molar-refractivity contribution in [3.05, 3.63) is 89.6 Å². The second-order valence-corrected chi connectivity index (χ2v) is 7.15. The second kappa shape index (κ2) is 6.98. The number of H-pyrrole nitrogens is 1. The molecule has 0 radical (unpaired) electrons. The summed E-state index contributed by atoms with van der Waals surface area (Å²) < 4.78 is 1.93. The van der Waals surface area contributed by atoms with E-state index in [0.29, 0.717) is 0 Å². The molecule has 0 spiro atoms. The van der Waals surface area contributed by atoms with Gasteiger partial charge in [-0.2, -0.15) is 10.2 Å². The van der Waals surface area contributed by atoms with Gasteiger partial charge in [-0.3, -0.25) is 10.1 Å². The summed E-state index contributed by atoms with van der Waals surface area (Å²) in [6, 6.07) is 14.5. The Morgan fingerprint density at radius 3 is 2.59 bits per heavy atom. The summed E-state index contributed by atoms with van der Waals surface area (Å²) in [4.78, 5) is 9.14. The highest BCUT2D eigenvalue weighted by atomic mass is 15.3. The maximum atomic E-state index is 5.00. The number of hydrogen-bond acceptors (Lipinski definition) is 4. The number of aromatic amines is 1. The first kappa shape index (κ1) is 17.3. The van der Waals surface area contributed by atoms with Crippen LogP contribution < -0.4 is 0 Å². The molecule has 29 heavy (non-hydrogen) atoms. The van der Waals surface area contributed by atoms with Crippen LogP contribution in [-0.2, 0) is 6.42 Å². The van der Waals surface area contributed by atoms with Gasteiger partial charge in [-0.25, -0.2) is 9.50 Å². The van der Waals surface area contributed by atoms with E-state index in [1.807, 2.05) is 36.0 Å². The van der Waals surface area contributed by atoms with E-state index in [-0.39, 0.29) is 0 Å². The lowest BCUT2D eigenvalue weighted by Crippen LogP contribution is -1.99. The van der Waals surface area contributed by atoms with Crippen molar-refractivity contribution in [1.82, 2.24) is 29.8 Å². The van der Waals surface area contributed by atoms with Gasteiger partial charge in [0.15, 0.2) is 5.65 Å². The fourth-order valence-electron chi connectivity index (χ4n) is 3.64. The molecule has 5 rings (SSSR count). The normalized spacial score (nSPS) is 11.2. The molecule has 0 saturated carbocycles. The van der Waals surface area contributed by atoms with Gasteiger partial charge in [0.25, 0.3) is 0 Å². The van der Waals surface area contributed by atoms with Gasteiger partial charge in [-0.15, -0.1) is 0 Å². The third kappa shape index (κ3) is 3.08. The first-order valence-electron chi connectivity index (χ1n) is 9.54. The van der Waals surface area contributed by atoms with Crippen molar-refractivity contribution in [2.45, 2.75) is 20.3 Å². The van der Waals surface area contributed by atoms with Crippen LogP contribution in [0.3, 0.4) is 0 Å². The van der Waals surface area contributed by atoms with Gasteiger partial charge < -0.3 is 0 Å². The van der Waals surface area contributed by atoms with E-state index in [1.54, 1.807) is 12.4 Å². The molecule has 5 aromatic rings. The zero-order valence-electron chi connectivity index (χ0n) is 16.3. The van der Waals surface area contributed by atoms with Crippen molar-refractivity contribution < 1.29 is 0 Å². The molecule has 0 aliphatic rings. The molecule has 4 heterocycles. The topological polar surface area (TPSA) is 71.8 Å². The highest BCUT2D eigenvalue weighted by Gasteiger charge is 2.18. The molecular weight excluding hydrogens is 360 g/mol. The first-order valence-corrected chi connectivity index (χ1v) is 9.54. The zero-order valence-corrected chi connectivity index (χ0v) is 16.3. The van der Waals surface area contributed by atoms with Crippen LogP contribution in [0.5, 0.6) is 0 Å². The molecule has 142 valence electrons. The highest BCUT2D eigenvalue weighted by molar-refractivity contribution is 5.72. The Morgan fingerprint density at radius 2 is 1.83 bits per heavy atom. The largest absolute Gasteiger partial charge is 0.285 e. The van der Waals surface area contributed by atoms with Crippen LogP contribution in [0.15, 0.2) is 67.3 Å². The third-order valence-electron chi connectivity index (χ3n) is 5.28. The molecule has 6 heteroatoms. The molecule has 0 atom stereocenters. The number of nitrogens with zero attached hydrogens (tertiary/aromatic N) is 5. The number of rotatable bonds is 4. The Kier molecular flexibility index (Phi) is 4.17. The fraction of sp³-hybridized carbons (Fsp3) is 0.130. The Balaban J connectivity index is 1.76. The van der Waals surface area contributed by atoms with Gasteiger partial charge in [-0.05, 0) is 43.2 Å². The Labute approximate surface area is 168 Å². The monoisotopic (exact) mass is 380 g/mol. The average Bonchev–Trinajstić information content (AvgIpc) is 3.38. The summed E-state index contributed by atoms with van der Waals surface area (Å²) in [6.07, 6.45) is 8.05. The van der Waals surface area contributed by atoms with Crippen LogP contribution in [0.25, 0.3) is 28.2 Å². The minimum atomic E-state index is 0.791. The summed E-state index contributed by atoms with van der Waals surface area (Å²) in [5.74, 6) is 0. The van der Waals surface area contributed by atoms with Crippen molar-refractivity contribution in [1.29, 1.82) is 0 Å². The molecule has 0 saturated heterocycles. The van der Waals surface area contributed by atoms with E-state index in [9.17, 15) is 0 Å². The van der Waals surface area contributed by atoms with Crippen LogP contribution >= 0.6 is 0 Å². The van der Waals surface area contributed by atoms with E-state index in [2.05, 4.69) is 52.4 Å². The van der Waals surface area contributed by atoms with Gasteiger partial charge in [-0.1, -0.05) is 24.3 Å². The SMILES string of the molecule is Cc1ccccc1Cc1c(C)nn2c(-c3cn[nH]c3)cc(-c3ccncc3)nc12. The highest BCUT2D eigenvalue weighted by Crippen LogP contribution is 2.29. The fourth-order valence-corrected chi connectivity index (χ4v) is 3.64. The minimum absolute atomic E-state index is 0.791. The number of hydrogen-bond donors (Lipinski definition) is 1. The lowest BCUT2D eigenvalue weighted by atomic mass is 10.0. The molecule has 0 unspecified atom stereocenters. The van der Waals surface area contributed by atoms with Gasteiger partial charge in [0.1, 0.15) is 0 Å². The van der Waals surface area contributed by atoms with E-state index < -0.39 is 0 Å². The van der Waals surface area contributed by atoms with Gasteiger partial charge in [0.05, 0.1) is 23.3 Å². The molecule has 4 aromatic heterocycles. The maximum absolute atomic E-state index is 5.00. The van der Waals surface area contributed by atoms with Crippen molar-refractivity contribution in [2.75, 3.05) is 0 Å². The molecule has 0 amide bonds. The van der Waals surface area contributed by atoms with E-state index in [1.165, 1.54) is 11.1 Å². The zero-order chi connectivity index (χ0) is 19.8. The Bertz CT molecular complexity index is 1290. The molecule has 0 fully saturated rings. The smallest absolute Gasteiger partial charge is 0.160 e. The summed E-state index contributed by atoms with van der Waals surface area (Å²) in [5, 5.41) is 11.8. The summed E-state index contributed by atoms with van der Waals surface area (Å²) >= 11 is 0.